The van der Waals surface area contributed by atoms with Gasteiger partial charge in [0.1, 0.15) is 12.4 Å². The number of nitriles is 1. The molecule has 0 saturated heterocycles. The number of nitrogens with one attached hydrogen (secondary N) is 2. The van der Waals surface area contributed by atoms with Gasteiger partial charge < -0.3 is 25.1 Å². The Balaban J connectivity index is 1.72. The van der Waals surface area contributed by atoms with E-state index in [1.165, 1.54) is 6.20 Å². The van der Waals surface area contributed by atoms with E-state index in [1.54, 1.807) is 31.5 Å². The molecule has 0 bridgehead atoms. The Morgan fingerprint density at radius 1 is 1.39 bits per heavy atom. The third-order valence-corrected chi connectivity index (χ3v) is 4.98. The fraction of sp³-hybridized carbons (Fsp3) is 0.409. The number of nitrogens with zero attached hydrogens (tertiary/aromatic N) is 4. The van der Waals surface area contributed by atoms with Crippen molar-refractivity contribution in [2.45, 2.75) is 18.9 Å². The minimum absolute atomic E-state index is 0.0257. The third kappa shape index (κ3) is 6.31. The summed E-state index contributed by atoms with van der Waals surface area (Å²) in [5, 5.41) is 15.4. The van der Waals surface area contributed by atoms with Crippen LogP contribution < -0.4 is 10.6 Å². The largest absolute Gasteiger partial charge is 0.383 e. The molecule has 1 atom stereocenters. The second kappa shape index (κ2) is 10.6. The van der Waals surface area contributed by atoms with Gasteiger partial charge in [-0.15, -0.1) is 0 Å². The predicted molar refractivity (Wildman–Crippen MR) is 116 cm³/mol. The van der Waals surface area contributed by atoms with E-state index in [4.69, 9.17) is 4.74 Å². The van der Waals surface area contributed by atoms with E-state index >= 15 is 0 Å². The lowest BCUT2D eigenvalue weighted by molar-refractivity contribution is -0.117. The van der Waals surface area contributed by atoms with Crippen molar-refractivity contribution in [3.63, 3.8) is 0 Å². The number of carbonyl (C=O) groups is 2. The van der Waals surface area contributed by atoms with Crippen molar-refractivity contribution in [2.75, 3.05) is 44.5 Å². The van der Waals surface area contributed by atoms with E-state index in [2.05, 4.69) is 26.7 Å². The summed E-state index contributed by atoms with van der Waals surface area (Å²) in [7, 11) is 3.53. The Morgan fingerprint density at radius 2 is 2.19 bits per heavy atom. The van der Waals surface area contributed by atoms with Crippen LogP contribution in [0.25, 0.3) is 11.3 Å². The van der Waals surface area contributed by atoms with Gasteiger partial charge in [-0.25, -0.2) is 4.98 Å². The lowest BCUT2D eigenvalue weighted by Gasteiger charge is -2.22. The number of hydrogen-bond donors (Lipinski definition) is 2. The molecule has 2 N–H and O–H groups in total. The number of aldehydes is 1. The van der Waals surface area contributed by atoms with Gasteiger partial charge in [0.2, 0.25) is 5.91 Å². The maximum absolute atomic E-state index is 11.9. The molecule has 0 aliphatic heterocycles. The average Bonchev–Trinajstić information content (AvgIpc) is 3.63. The number of rotatable bonds is 11. The Labute approximate surface area is 181 Å². The van der Waals surface area contributed by atoms with Crippen LogP contribution in [0.4, 0.5) is 11.5 Å². The number of likely N-dealkylation sites (N-methyl/N-ethyl adjacent to an activating group) is 1. The van der Waals surface area contributed by atoms with Crippen molar-refractivity contribution >= 4 is 23.7 Å². The minimum Gasteiger partial charge on any atom is -0.383 e. The SMILES string of the molecule is COCCN(C)C[C@@H](C=O)Nc1cc(-c2cnc(NC(=O)C3CC3)cn2)ccc1C#N. The van der Waals surface area contributed by atoms with E-state index in [-0.39, 0.29) is 11.8 Å². The predicted octanol–water partition coefficient (Wildman–Crippen LogP) is 1.92. The summed E-state index contributed by atoms with van der Waals surface area (Å²) in [5.41, 5.74) is 2.31. The van der Waals surface area contributed by atoms with Crippen LogP contribution in [0.3, 0.4) is 0 Å². The van der Waals surface area contributed by atoms with Gasteiger partial charge in [0.25, 0.3) is 0 Å². The first-order valence-corrected chi connectivity index (χ1v) is 10.1. The zero-order valence-electron chi connectivity index (χ0n) is 17.7. The Kier molecular flexibility index (Phi) is 7.65. The topological polar surface area (TPSA) is 120 Å². The normalized spacial score (nSPS) is 14.0. The van der Waals surface area contributed by atoms with Crippen LogP contribution in [0.2, 0.25) is 0 Å². The van der Waals surface area contributed by atoms with Gasteiger partial charge in [-0.05, 0) is 32.0 Å². The Bertz CT molecular complexity index is 953. The van der Waals surface area contributed by atoms with Gasteiger partial charge in [-0.1, -0.05) is 6.07 Å². The lowest BCUT2D eigenvalue weighted by atomic mass is 10.1. The molecule has 31 heavy (non-hydrogen) atoms. The number of hydrogen-bond acceptors (Lipinski definition) is 8. The first-order valence-electron chi connectivity index (χ1n) is 10.1. The highest BCUT2D eigenvalue weighted by molar-refractivity contribution is 5.93. The highest BCUT2D eigenvalue weighted by Crippen LogP contribution is 2.30. The molecule has 1 heterocycles. The fourth-order valence-electron chi connectivity index (χ4n) is 3.03. The summed E-state index contributed by atoms with van der Waals surface area (Å²) in [6, 6.07) is 6.88. The molecule has 2 aromatic rings. The van der Waals surface area contributed by atoms with Crippen molar-refractivity contribution in [3.05, 3.63) is 36.2 Å². The molecule has 0 radical (unpaired) electrons. The number of amides is 1. The molecule has 1 aliphatic rings. The highest BCUT2D eigenvalue weighted by Gasteiger charge is 2.29. The molecule has 9 heteroatoms. The quantitative estimate of drug-likeness (QED) is 0.527. The molecular weight excluding hydrogens is 396 g/mol. The van der Waals surface area contributed by atoms with Gasteiger partial charge >= 0.3 is 0 Å². The molecule has 3 rings (SSSR count). The van der Waals surface area contributed by atoms with E-state index in [0.717, 1.165) is 24.7 Å². The van der Waals surface area contributed by atoms with E-state index in [0.29, 0.717) is 42.5 Å². The molecule has 0 spiro atoms. The monoisotopic (exact) mass is 422 g/mol. The van der Waals surface area contributed by atoms with E-state index in [9.17, 15) is 14.9 Å². The van der Waals surface area contributed by atoms with Crippen molar-refractivity contribution < 1.29 is 14.3 Å². The van der Waals surface area contributed by atoms with Gasteiger partial charge in [-0.3, -0.25) is 9.78 Å². The number of carbonyl (C=O) groups excluding carboxylic acids is 2. The van der Waals surface area contributed by atoms with Crippen LogP contribution in [-0.2, 0) is 14.3 Å². The van der Waals surface area contributed by atoms with Crippen molar-refractivity contribution in [1.82, 2.24) is 14.9 Å². The van der Waals surface area contributed by atoms with Crippen LogP contribution in [0, 0.1) is 17.2 Å². The minimum atomic E-state index is -0.490. The number of benzene rings is 1. The third-order valence-electron chi connectivity index (χ3n) is 4.98. The fourth-order valence-corrected chi connectivity index (χ4v) is 3.03. The smallest absolute Gasteiger partial charge is 0.228 e. The van der Waals surface area contributed by atoms with E-state index < -0.39 is 6.04 Å². The molecule has 1 saturated carbocycles. The highest BCUT2D eigenvalue weighted by atomic mass is 16.5. The van der Waals surface area contributed by atoms with Crippen LogP contribution in [0.5, 0.6) is 0 Å². The summed E-state index contributed by atoms with van der Waals surface area (Å²) in [4.78, 5) is 34.1. The molecule has 1 fully saturated rings. The molecule has 1 aromatic carbocycles. The molecule has 1 amide bonds. The first kappa shape index (κ1) is 22.3. The zero-order chi connectivity index (χ0) is 22.2. The lowest BCUT2D eigenvalue weighted by Crippen LogP contribution is -2.37. The first-order chi connectivity index (χ1) is 15.0. The van der Waals surface area contributed by atoms with Crippen molar-refractivity contribution in [1.29, 1.82) is 5.26 Å². The molecule has 9 nitrogen and oxygen atoms in total. The molecule has 0 unspecified atom stereocenters. The summed E-state index contributed by atoms with van der Waals surface area (Å²) < 4.78 is 5.06. The Hall–Kier alpha value is -3.35. The van der Waals surface area contributed by atoms with E-state index in [1.807, 2.05) is 11.9 Å². The standard InChI is InChI=1S/C22H26N6O3/c1-28(7-8-31-2)13-18(14-29)26-19-9-16(5-6-17(19)10-23)20-11-25-21(12-24-20)27-22(30)15-3-4-15/h5-6,9,11-12,14-15,18,26H,3-4,7-8,13H2,1-2H3,(H,25,27,30)/t18-/m0/s1. The Morgan fingerprint density at radius 3 is 2.81 bits per heavy atom. The molecule has 1 aliphatic carbocycles. The van der Waals surface area contributed by atoms with Crippen LogP contribution in [0.1, 0.15) is 18.4 Å². The number of anilines is 2. The maximum Gasteiger partial charge on any atom is 0.228 e. The van der Waals surface area contributed by atoms with Crippen LogP contribution in [0.15, 0.2) is 30.6 Å². The zero-order valence-corrected chi connectivity index (χ0v) is 17.7. The molecule has 1 aromatic heterocycles. The van der Waals surface area contributed by atoms with Gasteiger partial charge in [0.15, 0.2) is 5.82 Å². The molecule has 162 valence electrons. The summed E-state index contributed by atoms with van der Waals surface area (Å²) >= 11 is 0. The molecular formula is C22H26N6O3. The summed E-state index contributed by atoms with van der Waals surface area (Å²) in [6.07, 6.45) is 5.75. The number of aromatic nitrogens is 2. The second-order valence-corrected chi connectivity index (χ2v) is 7.56. The van der Waals surface area contributed by atoms with Crippen LogP contribution in [-0.4, -0.2) is 67.0 Å². The average molecular weight is 422 g/mol. The van der Waals surface area contributed by atoms with Crippen molar-refractivity contribution in [3.8, 4) is 17.3 Å². The number of ether oxygens (including phenoxy) is 1. The van der Waals surface area contributed by atoms with Crippen molar-refractivity contribution in [2.24, 2.45) is 5.92 Å². The van der Waals surface area contributed by atoms with Gasteiger partial charge in [0, 0.05) is 31.7 Å². The summed E-state index contributed by atoms with van der Waals surface area (Å²) in [6.45, 7) is 1.72. The maximum atomic E-state index is 11.9. The second-order valence-electron chi connectivity index (χ2n) is 7.56. The van der Waals surface area contributed by atoms with Crippen LogP contribution >= 0.6 is 0 Å². The number of methoxy groups -OCH3 is 1. The summed E-state index contributed by atoms with van der Waals surface area (Å²) in [5.74, 6) is 0.475. The van der Waals surface area contributed by atoms with Gasteiger partial charge in [-0.2, -0.15) is 5.26 Å². The van der Waals surface area contributed by atoms with Gasteiger partial charge in [0.05, 0.1) is 42.0 Å².